The van der Waals surface area contributed by atoms with Crippen molar-refractivity contribution in [2.24, 2.45) is 5.73 Å². The highest BCUT2D eigenvalue weighted by atomic mass is 15.2. The van der Waals surface area contributed by atoms with Crippen molar-refractivity contribution in [3.63, 3.8) is 0 Å². The maximum absolute atomic E-state index is 5.57. The molecule has 0 amide bonds. The average molecular weight is 318 g/mol. The van der Waals surface area contributed by atoms with Crippen molar-refractivity contribution < 1.29 is 0 Å². The number of anilines is 1. The second-order valence-corrected chi connectivity index (χ2v) is 5.60. The van der Waals surface area contributed by atoms with Crippen LogP contribution in [-0.2, 0) is 0 Å². The third-order valence-electron chi connectivity index (χ3n) is 3.96. The number of pyridine rings is 2. The van der Waals surface area contributed by atoms with Gasteiger partial charge in [0, 0.05) is 18.1 Å². The molecule has 4 aromatic rings. The molecule has 6 heteroatoms. The first-order valence-corrected chi connectivity index (χ1v) is 8.01. The quantitative estimate of drug-likeness (QED) is 0.553. The lowest BCUT2D eigenvalue weighted by Crippen LogP contribution is -2.08. The Kier molecular flexibility index (Phi) is 3.80. The van der Waals surface area contributed by atoms with Crippen LogP contribution < -0.4 is 11.1 Å². The van der Waals surface area contributed by atoms with Crippen molar-refractivity contribution in [2.75, 3.05) is 18.4 Å². The molecule has 0 fully saturated rings. The summed E-state index contributed by atoms with van der Waals surface area (Å²) in [5.41, 5.74) is 9.12. The van der Waals surface area contributed by atoms with E-state index in [1.54, 1.807) is 0 Å². The van der Waals surface area contributed by atoms with E-state index in [4.69, 9.17) is 10.7 Å². The fourth-order valence-corrected chi connectivity index (χ4v) is 2.76. The molecule has 24 heavy (non-hydrogen) atoms. The standard InChI is InChI=1S/C18H18N6/c19-10-4-11-20-14-6-3-5-13-8-9-15(21-17(13)14)18-23-22-16-7-1-2-12-24(16)18/h1-3,5-9,12,20H,4,10-11,19H2. The molecule has 0 aliphatic heterocycles. The van der Waals surface area contributed by atoms with Crippen LogP contribution in [0.4, 0.5) is 5.69 Å². The van der Waals surface area contributed by atoms with Crippen LogP contribution in [0.1, 0.15) is 6.42 Å². The van der Waals surface area contributed by atoms with Crippen LogP contribution in [-0.4, -0.2) is 32.7 Å². The number of rotatable bonds is 5. The van der Waals surface area contributed by atoms with E-state index in [0.29, 0.717) is 6.54 Å². The first kappa shape index (κ1) is 14.6. The van der Waals surface area contributed by atoms with E-state index in [1.807, 2.05) is 47.0 Å². The van der Waals surface area contributed by atoms with Gasteiger partial charge in [-0.25, -0.2) is 4.98 Å². The monoisotopic (exact) mass is 318 g/mol. The second-order valence-electron chi connectivity index (χ2n) is 5.60. The van der Waals surface area contributed by atoms with Crippen LogP contribution in [0.25, 0.3) is 28.1 Å². The Bertz CT molecular complexity index is 991. The molecule has 0 spiro atoms. The van der Waals surface area contributed by atoms with Crippen LogP contribution in [0, 0.1) is 0 Å². The van der Waals surface area contributed by atoms with Crippen molar-refractivity contribution >= 4 is 22.2 Å². The second kappa shape index (κ2) is 6.25. The number of nitrogens with two attached hydrogens (primary N) is 1. The predicted octanol–water partition coefficient (Wildman–Crippen LogP) is 2.71. The lowest BCUT2D eigenvalue weighted by atomic mass is 10.1. The maximum Gasteiger partial charge on any atom is 0.187 e. The molecule has 6 nitrogen and oxygen atoms in total. The van der Waals surface area contributed by atoms with Gasteiger partial charge in [0.1, 0.15) is 5.69 Å². The van der Waals surface area contributed by atoms with Gasteiger partial charge in [0.05, 0.1) is 11.2 Å². The molecule has 3 aromatic heterocycles. The molecule has 3 N–H and O–H groups in total. The van der Waals surface area contributed by atoms with E-state index < -0.39 is 0 Å². The van der Waals surface area contributed by atoms with E-state index in [9.17, 15) is 0 Å². The molecule has 0 saturated heterocycles. The van der Waals surface area contributed by atoms with Crippen molar-refractivity contribution in [3.05, 3.63) is 54.7 Å². The van der Waals surface area contributed by atoms with Gasteiger partial charge in [-0.15, -0.1) is 10.2 Å². The number of fused-ring (bicyclic) bond motifs is 2. The number of nitrogens with zero attached hydrogens (tertiary/aromatic N) is 4. The van der Waals surface area contributed by atoms with Gasteiger partial charge in [-0.3, -0.25) is 4.40 Å². The van der Waals surface area contributed by atoms with Gasteiger partial charge < -0.3 is 11.1 Å². The topological polar surface area (TPSA) is 81.1 Å². The summed E-state index contributed by atoms with van der Waals surface area (Å²) in [6, 6.07) is 16.0. The highest BCUT2D eigenvalue weighted by molar-refractivity contribution is 5.91. The Balaban J connectivity index is 1.81. The fraction of sp³-hybridized carbons (Fsp3) is 0.167. The Morgan fingerprint density at radius 3 is 2.88 bits per heavy atom. The zero-order valence-electron chi connectivity index (χ0n) is 13.2. The molecule has 0 unspecified atom stereocenters. The van der Waals surface area contributed by atoms with E-state index in [0.717, 1.165) is 46.7 Å². The van der Waals surface area contributed by atoms with Gasteiger partial charge in [-0.1, -0.05) is 24.3 Å². The Morgan fingerprint density at radius 1 is 1.00 bits per heavy atom. The lowest BCUT2D eigenvalue weighted by molar-refractivity contribution is 0.875. The molecule has 4 rings (SSSR count). The molecule has 0 aliphatic carbocycles. The molecular weight excluding hydrogens is 300 g/mol. The number of nitrogens with one attached hydrogen (secondary N) is 1. The predicted molar refractivity (Wildman–Crippen MR) is 95.9 cm³/mol. The third kappa shape index (κ3) is 2.57. The fourth-order valence-electron chi connectivity index (χ4n) is 2.76. The van der Waals surface area contributed by atoms with Crippen molar-refractivity contribution in [2.45, 2.75) is 6.42 Å². The molecule has 0 aliphatic rings. The zero-order chi connectivity index (χ0) is 16.4. The summed E-state index contributed by atoms with van der Waals surface area (Å²) in [5.74, 6) is 0.740. The summed E-state index contributed by atoms with van der Waals surface area (Å²) < 4.78 is 1.94. The van der Waals surface area contributed by atoms with Gasteiger partial charge in [-0.05, 0) is 37.2 Å². The van der Waals surface area contributed by atoms with Crippen LogP contribution in [0.15, 0.2) is 54.7 Å². The molecule has 0 bridgehead atoms. The molecule has 1 aromatic carbocycles. The minimum absolute atomic E-state index is 0.669. The summed E-state index contributed by atoms with van der Waals surface area (Å²) >= 11 is 0. The smallest absolute Gasteiger partial charge is 0.187 e. The molecular formula is C18H18N6. The highest BCUT2D eigenvalue weighted by Gasteiger charge is 2.11. The first-order chi connectivity index (χ1) is 11.9. The summed E-state index contributed by atoms with van der Waals surface area (Å²) in [7, 11) is 0. The number of benzene rings is 1. The van der Waals surface area contributed by atoms with Gasteiger partial charge in [-0.2, -0.15) is 0 Å². The molecule has 0 atom stereocenters. The summed E-state index contributed by atoms with van der Waals surface area (Å²) in [6.45, 7) is 1.50. The largest absolute Gasteiger partial charge is 0.383 e. The van der Waals surface area contributed by atoms with Crippen LogP contribution in [0.5, 0.6) is 0 Å². The lowest BCUT2D eigenvalue weighted by Gasteiger charge is -2.09. The number of aromatic nitrogens is 4. The van der Waals surface area contributed by atoms with Crippen molar-refractivity contribution in [1.82, 2.24) is 19.6 Å². The maximum atomic E-state index is 5.57. The van der Waals surface area contributed by atoms with E-state index in [1.165, 1.54) is 0 Å². The van der Waals surface area contributed by atoms with Gasteiger partial charge in [0.15, 0.2) is 11.5 Å². The zero-order valence-corrected chi connectivity index (χ0v) is 13.2. The van der Waals surface area contributed by atoms with E-state index >= 15 is 0 Å². The number of para-hydroxylation sites is 1. The van der Waals surface area contributed by atoms with Gasteiger partial charge >= 0.3 is 0 Å². The van der Waals surface area contributed by atoms with Gasteiger partial charge in [0.2, 0.25) is 0 Å². The number of hydrogen-bond donors (Lipinski definition) is 2. The molecule has 0 saturated carbocycles. The molecule has 3 heterocycles. The minimum Gasteiger partial charge on any atom is -0.383 e. The first-order valence-electron chi connectivity index (χ1n) is 8.01. The van der Waals surface area contributed by atoms with Crippen LogP contribution in [0.3, 0.4) is 0 Å². The van der Waals surface area contributed by atoms with E-state index in [2.05, 4.69) is 27.6 Å². The van der Waals surface area contributed by atoms with Gasteiger partial charge in [0.25, 0.3) is 0 Å². The number of hydrogen-bond acceptors (Lipinski definition) is 5. The Hall–Kier alpha value is -2.99. The molecule has 0 radical (unpaired) electrons. The summed E-state index contributed by atoms with van der Waals surface area (Å²) in [4.78, 5) is 4.83. The van der Waals surface area contributed by atoms with E-state index in [-0.39, 0.29) is 0 Å². The minimum atomic E-state index is 0.669. The van der Waals surface area contributed by atoms with Crippen molar-refractivity contribution in [3.8, 4) is 11.5 Å². The van der Waals surface area contributed by atoms with Crippen LogP contribution >= 0.6 is 0 Å². The normalized spacial score (nSPS) is 11.2. The Morgan fingerprint density at radius 2 is 1.96 bits per heavy atom. The Labute approximate surface area is 139 Å². The highest BCUT2D eigenvalue weighted by Crippen LogP contribution is 2.25. The third-order valence-corrected chi connectivity index (χ3v) is 3.96. The van der Waals surface area contributed by atoms with Crippen LogP contribution in [0.2, 0.25) is 0 Å². The SMILES string of the molecule is NCCCNc1cccc2ccc(-c3nnc4ccccn34)nc12. The average Bonchev–Trinajstić information content (AvgIpc) is 3.06. The molecule has 120 valence electrons. The summed E-state index contributed by atoms with van der Waals surface area (Å²) in [5, 5.41) is 13.0. The van der Waals surface area contributed by atoms with Crippen molar-refractivity contribution in [1.29, 1.82) is 0 Å². The summed E-state index contributed by atoms with van der Waals surface area (Å²) in [6.07, 6.45) is 2.87.